The summed E-state index contributed by atoms with van der Waals surface area (Å²) in [7, 11) is 3.87. The molecule has 0 unspecified atom stereocenters. The van der Waals surface area contributed by atoms with Crippen molar-refractivity contribution in [2.75, 3.05) is 55.4 Å². The number of likely N-dealkylation sites (N-methyl/N-ethyl adjacent to an activating group) is 1. The molecule has 2 heterocycles. The predicted octanol–water partition coefficient (Wildman–Crippen LogP) is 4.13. The van der Waals surface area contributed by atoms with E-state index in [1.54, 1.807) is 13.1 Å². The molecule has 0 saturated carbocycles. The summed E-state index contributed by atoms with van der Waals surface area (Å²) < 4.78 is 0. The van der Waals surface area contributed by atoms with E-state index in [4.69, 9.17) is 0 Å². The number of urea groups is 1. The van der Waals surface area contributed by atoms with Gasteiger partial charge in [0.15, 0.2) is 0 Å². The lowest BCUT2D eigenvalue weighted by atomic mass is 9.98. The maximum atomic E-state index is 12.8. The third-order valence-corrected chi connectivity index (χ3v) is 6.33. The zero-order chi connectivity index (χ0) is 23.4. The van der Waals surface area contributed by atoms with Gasteiger partial charge >= 0.3 is 6.03 Å². The van der Waals surface area contributed by atoms with Gasteiger partial charge in [0.2, 0.25) is 0 Å². The number of benzene rings is 1. The Hall–Kier alpha value is -3.39. The molecule has 2 amide bonds. The molecule has 2 aliphatic rings. The molecule has 1 fully saturated rings. The minimum absolute atomic E-state index is 0.222. The smallest absolute Gasteiger partial charge is 0.327 e. The number of hydrogen-bond donors (Lipinski definition) is 2. The van der Waals surface area contributed by atoms with E-state index in [1.807, 2.05) is 6.92 Å². The van der Waals surface area contributed by atoms with Crippen molar-refractivity contribution in [2.24, 2.45) is 0 Å². The van der Waals surface area contributed by atoms with Crippen LogP contribution in [0.4, 0.5) is 27.8 Å². The summed E-state index contributed by atoms with van der Waals surface area (Å²) in [6, 6.07) is 9.92. The normalized spacial score (nSPS) is 17.0. The van der Waals surface area contributed by atoms with Crippen molar-refractivity contribution >= 4 is 29.0 Å². The Bertz CT molecular complexity index is 1050. The molecule has 0 atom stereocenters. The monoisotopic (exact) mass is 447 g/mol. The highest BCUT2D eigenvalue weighted by Gasteiger charge is 2.18. The average Bonchev–Trinajstić information content (AvgIpc) is 2.82. The van der Waals surface area contributed by atoms with Gasteiger partial charge in [0.25, 0.3) is 0 Å². The molecule has 0 radical (unpaired) electrons. The van der Waals surface area contributed by atoms with Gasteiger partial charge in [-0.1, -0.05) is 6.08 Å². The molecule has 2 aromatic rings. The first kappa shape index (κ1) is 22.8. The first-order valence-electron chi connectivity index (χ1n) is 11.4. The Labute approximate surface area is 196 Å². The zero-order valence-electron chi connectivity index (χ0n) is 19.9. The average molecular weight is 448 g/mol. The number of piperazine rings is 1. The van der Waals surface area contributed by atoms with Crippen LogP contribution < -0.4 is 20.4 Å². The second-order valence-corrected chi connectivity index (χ2v) is 8.79. The van der Waals surface area contributed by atoms with Crippen LogP contribution in [0.15, 0.2) is 59.6 Å². The minimum Gasteiger partial charge on any atom is -0.369 e. The predicted molar refractivity (Wildman–Crippen MR) is 134 cm³/mol. The third kappa shape index (κ3) is 5.51. The Balaban J connectivity index is 1.40. The van der Waals surface area contributed by atoms with Crippen molar-refractivity contribution in [1.82, 2.24) is 20.2 Å². The number of rotatable bonds is 5. The van der Waals surface area contributed by atoms with Crippen LogP contribution in [0.3, 0.4) is 0 Å². The van der Waals surface area contributed by atoms with Crippen molar-refractivity contribution < 1.29 is 4.79 Å². The van der Waals surface area contributed by atoms with E-state index in [1.165, 1.54) is 22.5 Å². The number of nitrogens with one attached hydrogen (secondary N) is 2. The van der Waals surface area contributed by atoms with Gasteiger partial charge in [0.1, 0.15) is 18.0 Å². The molecule has 33 heavy (non-hydrogen) atoms. The first-order valence-corrected chi connectivity index (χ1v) is 11.4. The molecule has 1 saturated heterocycles. The van der Waals surface area contributed by atoms with Gasteiger partial charge in [-0.25, -0.2) is 14.8 Å². The fourth-order valence-corrected chi connectivity index (χ4v) is 4.14. The Morgan fingerprint density at radius 3 is 2.48 bits per heavy atom. The van der Waals surface area contributed by atoms with Crippen LogP contribution in [0.1, 0.15) is 26.7 Å². The molecule has 0 spiro atoms. The van der Waals surface area contributed by atoms with Crippen LogP contribution in [-0.4, -0.2) is 61.2 Å². The van der Waals surface area contributed by atoms with Gasteiger partial charge in [-0.2, -0.15) is 0 Å². The summed E-state index contributed by atoms with van der Waals surface area (Å²) >= 11 is 0. The standard InChI is InChI=1S/C25H33N7O/c1-18-6-5-7-19(2)24(18)29-25(33)31(4)23-16-22(26-17-27-23)28-20-8-10-21(11-9-20)32-14-12-30(3)13-15-32/h6,8-11,16-17H,5,7,12-15H2,1-4H3,(H,29,33)(H,26,27,28). The highest BCUT2D eigenvalue weighted by molar-refractivity contribution is 5.92. The molecule has 8 nitrogen and oxygen atoms in total. The van der Waals surface area contributed by atoms with Crippen molar-refractivity contribution in [3.05, 3.63) is 59.6 Å². The number of hydrogen-bond acceptors (Lipinski definition) is 6. The molecular formula is C25H33N7O. The van der Waals surface area contributed by atoms with Crippen molar-refractivity contribution in [1.29, 1.82) is 0 Å². The molecule has 2 N–H and O–H groups in total. The second-order valence-electron chi connectivity index (χ2n) is 8.79. The number of allylic oxidation sites excluding steroid dienone is 3. The van der Waals surface area contributed by atoms with E-state index < -0.39 is 0 Å². The van der Waals surface area contributed by atoms with Gasteiger partial charge in [0, 0.05) is 56.4 Å². The van der Waals surface area contributed by atoms with E-state index in [2.05, 4.69) is 74.7 Å². The minimum atomic E-state index is -0.222. The summed E-state index contributed by atoms with van der Waals surface area (Å²) in [6.45, 7) is 8.33. The van der Waals surface area contributed by atoms with Gasteiger partial charge in [0.05, 0.1) is 0 Å². The number of amides is 2. The molecule has 4 rings (SSSR count). The van der Waals surface area contributed by atoms with Gasteiger partial charge < -0.3 is 20.4 Å². The van der Waals surface area contributed by atoms with Crippen LogP contribution in [0.25, 0.3) is 0 Å². The van der Waals surface area contributed by atoms with Crippen LogP contribution in [-0.2, 0) is 0 Å². The summed E-state index contributed by atoms with van der Waals surface area (Å²) in [5, 5.41) is 6.35. The van der Waals surface area contributed by atoms with E-state index in [9.17, 15) is 4.79 Å². The highest BCUT2D eigenvalue weighted by atomic mass is 16.2. The summed E-state index contributed by atoms with van der Waals surface area (Å²) in [6.07, 6.45) is 5.61. The Kier molecular flexibility index (Phi) is 6.93. The molecule has 1 aromatic heterocycles. The molecule has 1 aliphatic carbocycles. The Morgan fingerprint density at radius 2 is 1.79 bits per heavy atom. The lowest BCUT2D eigenvalue weighted by Crippen LogP contribution is -2.44. The summed E-state index contributed by atoms with van der Waals surface area (Å²) in [5.74, 6) is 1.16. The lowest BCUT2D eigenvalue weighted by molar-refractivity contribution is 0.249. The number of carbonyl (C=O) groups excluding carboxylic acids is 1. The van der Waals surface area contributed by atoms with E-state index in [-0.39, 0.29) is 6.03 Å². The molecule has 8 heteroatoms. The lowest BCUT2D eigenvalue weighted by Gasteiger charge is -2.34. The van der Waals surface area contributed by atoms with Crippen LogP contribution in [0, 0.1) is 0 Å². The van der Waals surface area contributed by atoms with Crippen molar-refractivity contribution in [3.63, 3.8) is 0 Å². The topological polar surface area (TPSA) is 76.6 Å². The summed E-state index contributed by atoms with van der Waals surface area (Å²) in [5.41, 5.74) is 5.37. The molecular weight excluding hydrogens is 414 g/mol. The zero-order valence-corrected chi connectivity index (χ0v) is 19.9. The van der Waals surface area contributed by atoms with Crippen LogP contribution >= 0.6 is 0 Å². The van der Waals surface area contributed by atoms with Crippen LogP contribution in [0.2, 0.25) is 0 Å². The highest BCUT2D eigenvalue weighted by Crippen LogP contribution is 2.24. The maximum Gasteiger partial charge on any atom is 0.327 e. The van der Waals surface area contributed by atoms with E-state index in [0.29, 0.717) is 11.6 Å². The number of anilines is 4. The van der Waals surface area contributed by atoms with Crippen LogP contribution in [0.5, 0.6) is 0 Å². The largest absolute Gasteiger partial charge is 0.369 e. The fourth-order valence-electron chi connectivity index (χ4n) is 4.14. The molecule has 1 aromatic carbocycles. The number of nitrogens with zero attached hydrogens (tertiary/aromatic N) is 5. The number of carbonyl (C=O) groups is 1. The fraction of sp³-hybridized carbons (Fsp3) is 0.400. The quantitative estimate of drug-likeness (QED) is 0.718. The summed E-state index contributed by atoms with van der Waals surface area (Å²) in [4.78, 5) is 27.7. The van der Waals surface area contributed by atoms with E-state index in [0.717, 1.165) is 56.0 Å². The SMILES string of the molecule is CC1=CCCC(C)=C1NC(=O)N(C)c1cc(Nc2ccc(N3CCN(C)CC3)cc2)ncn1. The molecule has 174 valence electrons. The second kappa shape index (κ2) is 10.0. The van der Waals surface area contributed by atoms with Gasteiger partial charge in [-0.3, -0.25) is 4.90 Å². The van der Waals surface area contributed by atoms with Gasteiger partial charge in [-0.15, -0.1) is 0 Å². The third-order valence-electron chi connectivity index (χ3n) is 6.33. The molecule has 0 bridgehead atoms. The van der Waals surface area contributed by atoms with Gasteiger partial charge in [-0.05, 0) is 69.1 Å². The maximum absolute atomic E-state index is 12.8. The first-order chi connectivity index (χ1) is 15.9. The van der Waals surface area contributed by atoms with Crippen molar-refractivity contribution in [3.8, 4) is 0 Å². The molecule has 1 aliphatic heterocycles. The van der Waals surface area contributed by atoms with Crippen molar-refractivity contribution in [2.45, 2.75) is 26.7 Å². The Morgan fingerprint density at radius 1 is 1.06 bits per heavy atom. The van der Waals surface area contributed by atoms with E-state index >= 15 is 0 Å². The number of aromatic nitrogens is 2.